The van der Waals surface area contributed by atoms with E-state index in [4.69, 9.17) is 5.10 Å². The zero-order valence-corrected chi connectivity index (χ0v) is 17.8. The monoisotopic (exact) mass is 422 g/mol. The van der Waals surface area contributed by atoms with Gasteiger partial charge in [-0.05, 0) is 65.8 Å². The van der Waals surface area contributed by atoms with E-state index >= 15 is 0 Å². The third-order valence-electron chi connectivity index (χ3n) is 5.64. The van der Waals surface area contributed by atoms with Gasteiger partial charge < -0.3 is 0 Å². The summed E-state index contributed by atoms with van der Waals surface area (Å²) in [6, 6.07) is 19.9. The number of alkyl halides is 3. The van der Waals surface area contributed by atoms with Crippen molar-refractivity contribution in [3.8, 4) is 11.1 Å². The quantitative estimate of drug-likeness (QED) is 0.323. The number of hydrogen-bond acceptors (Lipinski definition) is 1. The lowest BCUT2D eigenvalue weighted by molar-refractivity contribution is -0.137. The van der Waals surface area contributed by atoms with Crippen LogP contribution < -0.4 is 0 Å². The number of halogens is 3. The fraction of sp³-hybridized carbons (Fsp3) is 0.269. The summed E-state index contributed by atoms with van der Waals surface area (Å²) in [4.78, 5) is 0. The molecule has 0 saturated heterocycles. The van der Waals surface area contributed by atoms with E-state index < -0.39 is 11.7 Å². The number of fused-ring (bicyclic) bond motifs is 1. The van der Waals surface area contributed by atoms with Crippen LogP contribution in [0.15, 0.2) is 72.9 Å². The lowest BCUT2D eigenvalue weighted by atomic mass is 9.95. The van der Waals surface area contributed by atoms with Crippen molar-refractivity contribution in [2.24, 2.45) is 5.92 Å². The molecule has 3 aromatic carbocycles. The van der Waals surface area contributed by atoms with Crippen LogP contribution in [0.3, 0.4) is 0 Å². The number of hydrogen-bond donors (Lipinski definition) is 0. The number of rotatable bonds is 5. The maximum absolute atomic E-state index is 12.9. The molecule has 2 nitrogen and oxygen atoms in total. The molecule has 0 amide bonds. The van der Waals surface area contributed by atoms with E-state index in [0.29, 0.717) is 5.92 Å². The standard InChI is InChI=1S/C26H25F3N2/c1-17(2)13-24(20-7-5-4-6-8-20)31-25-14-18(3)23(15-21(25)16-30-31)19-9-11-22(12-10-19)26(27,28)29/h4-12,14-17,24H,13H2,1-3H3/t24-/m1/s1. The first-order valence-electron chi connectivity index (χ1n) is 10.4. The lowest BCUT2D eigenvalue weighted by Crippen LogP contribution is -2.14. The van der Waals surface area contributed by atoms with Gasteiger partial charge in [0.25, 0.3) is 0 Å². The zero-order chi connectivity index (χ0) is 22.2. The van der Waals surface area contributed by atoms with Crippen LogP contribution in [0.4, 0.5) is 13.2 Å². The molecular formula is C26H25F3N2. The van der Waals surface area contributed by atoms with Crippen LogP contribution in [0, 0.1) is 12.8 Å². The van der Waals surface area contributed by atoms with Crippen molar-refractivity contribution < 1.29 is 13.2 Å². The Bertz CT molecular complexity index is 1170. The van der Waals surface area contributed by atoms with Gasteiger partial charge in [-0.15, -0.1) is 0 Å². The SMILES string of the molecule is Cc1cc2c(cnn2[C@H](CC(C)C)c2ccccc2)cc1-c1ccc(C(F)(F)F)cc1. The number of benzene rings is 3. The van der Waals surface area contributed by atoms with Gasteiger partial charge in [0.1, 0.15) is 0 Å². The third-order valence-corrected chi connectivity index (χ3v) is 5.64. The molecule has 4 aromatic rings. The van der Waals surface area contributed by atoms with Crippen LogP contribution in [0.1, 0.15) is 43.0 Å². The fourth-order valence-corrected chi connectivity index (χ4v) is 4.09. The van der Waals surface area contributed by atoms with Crippen LogP contribution in [0.25, 0.3) is 22.0 Å². The minimum absolute atomic E-state index is 0.120. The highest BCUT2D eigenvalue weighted by molar-refractivity contribution is 5.86. The smallest absolute Gasteiger partial charge is 0.257 e. The summed E-state index contributed by atoms with van der Waals surface area (Å²) in [6.45, 7) is 6.40. The van der Waals surface area contributed by atoms with E-state index in [0.717, 1.165) is 46.1 Å². The summed E-state index contributed by atoms with van der Waals surface area (Å²) in [7, 11) is 0. The summed E-state index contributed by atoms with van der Waals surface area (Å²) < 4.78 is 40.8. The van der Waals surface area contributed by atoms with E-state index in [9.17, 15) is 13.2 Å². The molecule has 0 bridgehead atoms. The van der Waals surface area contributed by atoms with Crippen molar-refractivity contribution in [2.75, 3.05) is 0 Å². The second kappa shape index (κ2) is 8.22. The molecule has 0 fully saturated rings. The minimum Gasteiger partial charge on any atom is -0.257 e. The zero-order valence-electron chi connectivity index (χ0n) is 17.8. The van der Waals surface area contributed by atoms with Crippen LogP contribution in [0.5, 0.6) is 0 Å². The molecule has 4 rings (SSSR count). The number of nitrogens with zero attached hydrogens (tertiary/aromatic N) is 2. The molecule has 31 heavy (non-hydrogen) atoms. The van der Waals surface area contributed by atoms with Gasteiger partial charge in [-0.25, -0.2) is 0 Å². The highest BCUT2D eigenvalue weighted by Crippen LogP contribution is 2.35. The van der Waals surface area contributed by atoms with Crippen molar-refractivity contribution in [1.29, 1.82) is 0 Å². The average Bonchev–Trinajstić information content (AvgIpc) is 3.14. The van der Waals surface area contributed by atoms with Crippen LogP contribution in [0.2, 0.25) is 0 Å². The summed E-state index contributed by atoms with van der Waals surface area (Å²) in [5.74, 6) is 0.497. The van der Waals surface area contributed by atoms with E-state index in [2.05, 4.69) is 36.7 Å². The Balaban J connectivity index is 1.77. The fourth-order valence-electron chi connectivity index (χ4n) is 4.09. The van der Waals surface area contributed by atoms with Crippen LogP contribution in [-0.2, 0) is 6.18 Å². The minimum atomic E-state index is -4.33. The van der Waals surface area contributed by atoms with Gasteiger partial charge in [-0.3, -0.25) is 4.68 Å². The molecule has 0 aliphatic carbocycles. The van der Waals surface area contributed by atoms with Crippen molar-refractivity contribution in [2.45, 2.75) is 39.4 Å². The molecule has 0 N–H and O–H groups in total. The molecule has 1 atom stereocenters. The second-order valence-corrected chi connectivity index (χ2v) is 8.45. The Labute approximate surface area is 180 Å². The summed E-state index contributed by atoms with van der Waals surface area (Å²) in [5, 5.41) is 5.69. The maximum atomic E-state index is 12.9. The van der Waals surface area contributed by atoms with E-state index in [-0.39, 0.29) is 6.04 Å². The Kier molecular flexibility index (Phi) is 5.61. The second-order valence-electron chi connectivity index (χ2n) is 8.45. The molecule has 5 heteroatoms. The Hall–Kier alpha value is -3.08. The van der Waals surface area contributed by atoms with E-state index in [1.165, 1.54) is 17.7 Å². The normalized spacial score (nSPS) is 13.1. The van der Waals surface area contributed by atoms with Crippen LogP contribution >= 0.6 is 0 Å². The van der Waals surface area contributed by atoms with Crippen molar-refractivity contribution in [1.82, 2.24) is 9.78 Å². The summed E-state index contributed by atoms with van der Waals surface area (Å²) in [5.41, 5.74) is 4.30. The first-order valence-corrected chi connectivity index (χ1v) is 10.4. The molecule has 0 aliphatic rings. The van der Waals surface area contributed by atoms with Crippen molar-refractivity contribution >= 4 is 10.9 Å². The van der Waals surface area contributed by atoms with Gasteiger partial charge in [0.2, 0.25) is 0 Å². The summed E-state index contributed by atoms with van der Waals surface area (Å²) >= 11 is 0. The van der Waals surface area contributed by atoms with Gasteiger partial charge in [-0.2, -0.15) is 18.3 Å². The number of aromatic nitrogens is 2. The van der Waals surface area contributed by atoms with Crippen LogP contribution in [-0.4, -0.2) is 9.78 Å². The molecule has 0 saturated carbocycles. The lowest BCUT2D eigenvalue weighted by Gasteiger charge is -2.21. The first kappa shape index (κ1) is 21.2. The van der Waals surface area contributed by atoms with Crippen molar-refractivity contribution in [3.63, 3.8) is 0 Å². The average molecular weight is 422 g/mol. The molecular weight excluding hydrogens is 397 g/mol. The third kappa shape index (κ3) is 4.36. The molecule has 1 aromatic heterocycles. The molecule has 0 aliphatic heterocycles. The van der Waals surface area contributed by atoms with Gasteiger partial charge in [0.15, 0.2) is 0 Å². The van der Waals surface area contributed by atoms with E-state index in [1.54, 1.807) is 0 Å². The molecule has 0 spiro atoms. The molecule has 1 heterocycles. The first-order chi connectivity index (χ1) is 14.7. The maximum Gasteiger partial charge on any atom is 0.416 e. The van der Waals surface area contributed by atoms with Gasteiger partial charge in [-0.1, -0.05) is 56.3 Å². The number of aryl methyl sites for hydroxylation is 1. The van der Waals surface area contributed by atoms with Gasteiger partial charge in [0.05, 0.1) is 23.3 Å². The Morgan fingerprint density at radius 2 is 1.61 bits per heavy atom. The predicted molar refractivity (Wildman–Crippen MR) is 119 cm³/mol. The Morgan fingerprint density at radius 1 is 0.935 bits per heavy atom. The van der Waals surface area contributed by atoms with Gasteiger partial charge >= 0.3 is 6.18 Å². The largest absolute Gasteiger partial charge is 0.416 e. The highest BCUT2D eigenvalue weighted by Gasteiger charge is 2.30. The van der Waals surface area contributed by atoms with Crippen molar-refractivity contribution in [3.05, 3.63) is 89.6 Å². The highest BCUT2D eigenvalue weighted by atomic mass is 19.4. The molecule has 0 radical (unpaired) electrons. The van der Waals surface area contributed by atoms with E-state index in [1.807, 2.05) is 37.4 Å². The molecule has 0 unspecified atom stereocenters. The Morgan fingerprint density at radius 3 is 2.23 bits per heavy atom. The molecule has 160 valence electrons. The summed E-state index contributed by atoms with van der Waals surface area (Å²) in [6.07, 6.45) is -1.53. The predicted octanol–water partition coefficient (Wildman–Crippen LogP) is 7.67. The topological polar surface area (TPSA) is 17.8 Å². The van der Waals surface area contributed by atoms with Gasteiger partial charge in [0, 0.05) is 5.39 Å².